The van der Waals surface area contributed by atoms with E-state index >= 15 is 0 Å². The fourth-order valence-corrected chi connectivity index (χ4v) is 1.77. The van der Waals surface area contributed by atoms with Gasteiger partial charge in [-0.1, -0.05) is 0 Å². The van der Waals surface area contributed by atoms with Crippen molar-refractivity contribution in [2.24, 2.45) is 0 Å². The summed E-state index contributed by atoms with van der Waals surface area (Å²) in [5.74, 6) is 0. The summed E-state index contributed by atoms with van der Waals surface area (Å²) in [6.45, 7) is 7.35. The Morgan fingerprint density at radius 3 is 2.67 bits per heavy atom. The predicted octanol–water partition coefficient (Wildman–Crippen LogP) is 0.579. The van der Waals surface area contributed by atoms with Crippen LogP contribution in [0.5, 0.6) is 0 Å². The minimum atomic E-state index is -0.389. The van der Waals surface area contributed by atoms with E-state index in [1.807, 2.05) is 25.7 Å². The molecule has 1 fully saturated rings. The largest absolute Gasteiger partial charge is 0.444 e. The molecule has 0 bridgehead atoms. The number of ether oxygens (including phenoxy) is 1. The van der Waals surface area contributed by atoms with Gasteiger partial charge in [-0.2, -0.15) is 0 Å². The van der Waals surface area contributed by atoms with Crippen molar-refractivity contribution < 1.29 is 14.8 Å². The second-order valence-electron chi connectivity index (χ2n) is 5.16. The Hall–Kier alpha value is -0.770. The van der Waals surface area contributed by atoms with Gasteiger partial charge >= 0.3 is 6.09 Å². The molecule has 1 heterocycles. The molecule has 0 aliphatic carbocycles. The highest BCUT2D eigenvalue weighted by molar-refractivity contribution is 5.68. The fourth-order valence-electron chi connectivity index (χ4n) is 1.77. The Labute approximate surface area is 92.0 Å². The lowest BCUT2D eigenvalue weighted by atomic mass is 10.1. The van der Waals surface area contributed by atoms with Crippen LogP contribution < -0.4 is 5.32 Å². The van der Waals surface area contributed by atoms with Crippen molar-refractivity contribution in [1.82, 2.24) is 4.90 Å². The van der Waals surface area contributed by atoms with Gasteiger partial charge < -0.3 is 15.0 Å². The summed E-state index contributed by atoms with van der Waals surface area (Å²) in [5, 5.41) is 2.18. The van der Waals surface area contributed by atoms with Crippen LogP contribution in [0.25, 0.3) is 0 Å². The molecule has 0 aromatic rings. The zero-order chi connectivity index (χ0) is 11.5. The molecule has 0 saturated carbocycles. The number of nitrogens with zero attached hydrogens (tertiary/aromatic N) is 1. The van der Waals surface area contributed by atoms with Gasteiger partial charge in [-0.3, -0.25) is 0 Å². The second-order valence-corrected chi connectivity index (χ2v) is 5.16. The minimum absolute atomic E-state index is 0.172. The van der Waals surface area contributed by atoms with Crippen molar-refractivity contribution in [2.75, 3.05) is 20.1 Å². The molecule has 1 atom stereocenters. The van der Waals surface area contributed by atoms with Crippen molar-refractivity contribution in [3.63, 3.8) is 0 Å². The number of carbonyl (C=O) groups is 1. The monoisotopic (exact) mass is 215 g/mol. The number of likely N-dealkylation sites (N-methyl/N-ethyl adjacent to an activating group) is 1. The van der Waals surface area contributed by atoms with E-state index in [0.29, 0.717) is 6.04 Å². The third kappa shape index (κ3) is 4.08. The van der Waals surface area contributed by atoms with Gasteiger partial charge in [0.25, 0.3) is 0 Å². The van der Waals surface area contributed by atoms with E-state index in [9.17, 15) is 4.79 Å². The van der Waals surface area contributed by atoms with E-state index in [-0.39, 0.29) is 11.7 Å². The SMILES string of the molecule is C[NH2+][C@@H]1CCCN(C(=O)OC(C)(C)C)C1. The van der Waals surface area contributed by atoms with Crippen LogP contribution in [0.2, 0.25) is 0 Å². The summed E-state index contributed by atoms with van der Waals surface area (Å²) in [7, 11) is 2.06. The third-order valence-electron chi connectivity index (χ3n) is 2.58. The number of nitrogens with two attached hydrogens (primary N) is 1. The van der Waals surface area contributed by atoms with Gasteiger partial charge in [0.2, 0.25) is 0 Å². The quantitative estimate of drug-likeness (QED) is 0.695. The van der Waals surface area contributed by atoms with Gasteiger partial charge in [-0.25, -0.2) is 4.79 Å². The summed E-state index contributed by atoms with van der Waals surface area (Å²) in [6, 6.07) is 0.534. The Morgan fingerprint density at radius 2 is 2.13 bits per heavy atom. The Balaban J connectivity index is 2.45. The highest BCUT2D eigenvalue weighted by Crippen LogP contribution is 2.13. The molecule has 0 spiro atoms. The van der Waals surface area contributed by atoms with Crippen LogP contribution in [0.3, 0.4) is 0 Å². The Bertz CT molecular complexity index is 223. The lowest BCUT2D eigenvalue weighted by Crippen LogP contribution is -2.88. The van der Waals surface area contributed by atoms with Gasteiger partial charge in [-0.15, -0.1) is 0 Å². The molecule has 4 nitrogen and oxygen atoms in total. The molecular formula is C11H23N2O2+. The van der Waals surface area contributed by atoms with Crippen molar-refractivity contribution in [2.45, 2.75) is 45.3 Å². The summed E-state index contributed by atoms with van der Waals surface area (Å²) < 4.78 is 5.34. The number of amides is 1. The maximum absolute atomic E-state index is 11.8. The lowest BCUT2D eigenvalue weighted by Gasteiger charge is -2.32. The molecule has 1 aliphatic heterocycles. The van der Waals surface area contributed by atoms with Gasteiger partial charge in [-0.05, 0) is 27.2 Å². The molecule has 0 unspecified atom stereocenters. The second kappa shape index (κ2) is 4.84. The Morgan fingerprint density at radius 1 is 1.47 bits per heavy atom. The Kier molecular flexibility index (Phi) is 3.97. The number of hydrogen-bond donors (Lipinski definition) is 1. The van der Waals surface area contributed by atoms with E-state index in [2.05, 4.69) is 12.4 Å². The normalized spacial score (nSPS) is 22.7. The molecule has 88 valence electrons. The summed E-state index contributed by atoms with van der Waals surface area (Å²) in [5.41, 5.74) is -0.389. The van der Waals surface area contributed by atoms with E-state index in [0.717, 1.165) is 19.5 Å². The number of rotatable bonds is 1. The van der Waals surface area contributed by atoms with Crippen molar-refractivity contribution in [3.8, 4) is 0 Å². The van der Waals surface area contributed by atoms with Crippen LogP contribution in [-0.4, -0.2) is 42.8 Å². The summed E-state index contributed by atoms with van der Waals surface area (Å²) >= 11 is 0. The summed E-state index contributed by atoms with van der Waals surface area (Å²) in [6.07, 6.45) is 2.10. The number of carbonyl (C=O) groups excluding carboxylic acids is 1. The molecule has 0 aromatic carbocycles. The van der Waals surface area contributed by atoms with E-state index < -0.39 is 0 Å². The highest BCUT2D eigenvalue weighted by Gasteiger charge is 2.28. The van der Waals surface area contributed by atoms with Crippen molar-refractivity contribution >= 4 is 6.09 Å². The van der Waals surface area contributed by atoms with E-state index in [4.69, 9.17) is 4.74 Å². The number of likely N-dealkylation sites (tertiary alicyclic amines) is 1. The maximum atomic E-state index is 11.8. The average Bonchev–Trinajstić information content (AvgIpc) is 2.15. The van der Waals surface area contributed by atoms with Crippen LogP contribution in [0.4, 0.5) is 4.79 Å². The first-order valence-corrected chi connectivity index (χ1v) is 5.70. The molecule has 4 heteroatoms. The molecular weight excluding hydrogens is 192 g/mol. The van der Waals surface area contributed by atoms with Crippen LogP contribution >= 0.6 is 0 Å². The first-order valence-electron chi connectivity index (χ1n) is 5.70. The van der Waals surface area contributed by atoms with E-state index in [1.165, 1.54) is 6.42 Å². The number of piperidine rings is 1. The molecule has 1 saturated heterocycles. The molecule has 2 N–H and O–H groups in total. The van der Waals surface area contributed by atoms with Crippen LogP contribution in [0, 0.1) is 0 Å². The molecule has 15 heavy (non-hydrogen) atoms. The number of hydrogen-bond acceptors (Lipinski definition) is 2. The molecule has 0 radical (unpaired) electrons. The molecule has 1 rings (SSSR count). The first kappa shape index (κ1) is 12.3. The van der Waals surface area contributed by atoms with Crippen LogP contribution in [-0.2, 0) is 4.74 Å². The molecule has 1 amide bonds. The van der Waals surface area contributed by atoms with Gasteiger partial charge in [0.1, 0.15) is 11.6 Å². The predicted molar refractivity (Wildman–Crippen MR) is 58.7 cm³/mol. The van der Waals surface area contributed by atoms with E-state index in [1.54, 1.807) is 0 Å². The lowest BCUT2D eigenvalue weighted by molar-refractivity contribution is -0.665. The third-order valence-corrected chi connectivity index (χ3v) is 2.58. The maximum Gasteiger partial charge on any atom is 0.410 e. The topological polar surface area (TPSA) is 46.2 Å². The molecule has 1 aliphatic rings. The summed E-state index contributed by atoms with van der Waals surface area (Å²) in [4.78, 5) is 13.6. The highest BCUT2D eigenvalue weighted by atomic mass is 16.6. The van der Waals surface area contributed by atoms with Crippen molar-refractivity contribution in [1.29, 1.82) is 0 Å². The fraction of sp³-hybridized carbons (Fsp3) is 0.909. The smallest absolute Gasteiger partial charge is 0.410 e. The number of quaternary nitrogens is 1. The standard InChI is InChI=1S/C11H22N2O2/c1-11(2,3)15-10(14)13-7-5-6-9(8-13)12-4/h9,12H,5-8H2,1-4H3/p+1/t9-/m1/s1. The first-order chi connectivity index (χ1) is 6.92. The van der Waals surface area contributed by atoms with Crippen LogP contribution in [0.1, 0.15) is 33.6 Å². The zero-order valence-electron chi connectivity index (χ0n) is 10.2. The average molecular weight is 215 g/mol. The molecule has 0 aromatic heterocycles. The zero-order valence-corrected chi connectivity index (χ0v) is 10.2. The minimum Gasteiger partial charge on any atom is -0.444 e. The van der Waals surface area contributed by atoms with Crippen LogP contribution in [0.15, 0.2) is 0 Å². The van der Waals surface area contributed by atoms with Crippen molar-refractivity contribution in [3.05, 3.63) is 0 Å². The van der Waals surface area contributed by atoms with Gasteiger partial charge in [0, 0.05) is 13.0 Å². The van der Waals surface area contributed by atoms with Gasteiger partial charge in [0.15, 0.2) is 0 Å². The van der Waals surface area contributed by atoms with Gasteiger partial charge in [0.05, 0.1) is 13.6 Å².